The van der Waals surface area contributed by atoms with Crippen LogP contribution in [0, 0.1) is 6.92 Å². The number of ketones is 1. The van der Waals surface area contributed by atoms with Crippen LogP contribution in [0.2, 0.25) is 0 Å². The number of benzene rings is 1. The van der Waals surface area contributed by atoms with Gasteiger partial charge in [-0.15, -0.1) is 0 Å². The number of hydrogen-bond acceptors (Lipinski definition) is 3. The lowest BCUT2D eigenvalue weighted by molar-refractivity contribution is 0.0982. The molecule has 5 heteroatoms. The normalized spacial score (nSPS) is 11.5. The van der Waals surface area contributed by atoms with Crippen molar-refractivity contribution in [3.05, 3.63) is 33.8 Å². The Balaban J connectivity index is 2.61. The van der Waals surface area contributed by atoms with Crippen LogP contribution in [-0.2, 0) is 9.84 Å². The third kappa shape index (κ3) is 5.00. The van der Waals surface area contributed by atoms with E-state index in [1.54, 1.807) is 6.07 Å². The van der Waals surface area contributed by atoms with Crippen molar-refractivity contribution in [2.45, 2.75) is 19.8 Å². The van der Waals surface area contributed by atoms with Crippen LogP contribution in [0.4, 0.5) is 0 Å². The number of hydrogen-bond donors (Lipinski definition) is 0. The van der Waals surface area contributed by atoms with Crippen molar-refractivity contribution in [2.75, 3.05) is 12.0 Å². The molecule has 0 fully saturated rings. The molecule has 0 aliphatic rings. The average molecular weight is 319 g/mol. The molecule has 1 aromatic carbocycles. The lowest BCUT2D eigenvalue weighted by atomic mass is 10.1. The molecule has 3 nitrogen and oxygen atoms in total. The van der Waals surface area contributed by atoms with Crippen LogP contribution >= 0.6 is 15.9 Å². The van der Waals surface area contributed by atoms with Gasteiger partial charge in [0.05, 0.1) is 5.75 Å². The van der Waals surface area contributed by atoms with Crippen molar-refractivity contribution < 1.29 is 13.2 Å². The molecule has 94 valence electrons. The second kappa shape index (κ2) is 5.78. The lowest BCUT2D eigenvalue weighted by Gasteiger charge is -2.03. The van der Waals surface area contributed by atoms with Crippen molar-refractivity contribution in [2.24, 2.45) is 0 Å². The van der Waals surface area contributed by atoms with Crippen LogP contribution < -0.4 is 0 Å². The Labute approximate surface area is 110 Å². The maximum Gasteiger partial charge on any atom is 0.162 e. The molecular formula is C12H15BrO3S. The summed E-state index contributed by atoms with van der Waals surface area (Å²) >= 11 is 3.37. The molecule has 0 saturated heterocycles. The number of Topliss-reactive ketones (excluding diaryl/α,β-unsaturated/α-hetero) is 1. The molecule has 0 bridgehead atoms. The first-order valence-corrected chi connectivity index (χ1v) is 8.12. The zero-order valence-corrected chi connectivity index (χ0v) is 12.3. The largest absolute Gasteiger partial charge is 0.294 e. The van der Waals surface area contributed by atoms with Gasteiger partial charge in [0.25, 0.3) is 0 Å². The number of halogens is 1. The molecular weight excluding hydrogens is 304 g/mol. The van der Waals surface area contributed by atoms with Crippen molar-refractivity contribution in [3.63, 3.8) is 0 Å². The van der Waals surface area contributed by atoms with Gasteiger partial charge in [0.2, 0.25) is 0 Å². The number of carbonyl (C=O) groups excluding carboxylic acids is 1. The SMILES string of the molecule is Cc1cc(C(=O)CCCS(C)(=O)=O)ccc1Br. The fourth-order valence-corrected chi connectivity index (χ4v) is 2.37. The highest BCUT2D eigenvalue weighted by atomic mass is 79.9. The molecule has 0 aliphatic carbocycles. The van der Waals surface area contributed by atoms with Gasteiger partial charge >= 0.3 is 0 Å². The summed E-state index contributed by atoms with van der Waals surface area (Å²) < 4.78 is 22.8. The standard InChI is InChI=1S/C12H15BrO3S/c1-9-8-10(5-6-11(9)13)12(14)4-3-7-17(2,15)16/h5-6,8H,3-4,7H2,1-2H3. The van der Waals surface area contributed by atoms with E-state index in [0.717, 1.165) is 10.0 Å². The second-order valence-electron chi connectivity index (χ2n) is 4.12. The summed E-state index contributed by atoms with van der Waals surface area (Å²) in [5.41, 5.74) is 1.64. The van der Waals surface area contributed by atoms with Gasteiger partial charge in [0.1, 0.15) is 9.84 Å². The zero-order valence-electron chi connectivity index (χ0n) is 9.86. The highest BCUT2D eigenvalue weighted by Crippen LogP contribution is 2.18. The Morgan fingerprint density at radius 3 is 2.53 bits per heavy atom. The van der Waals surface area contributed by atoms with Crippen LogP contribution in [0.1, 0.15) is 28.8 Å². The fraction of sp³-hybridized carbons (Fsp3) is 0.417. The van der Waals surface area contributed by atoms with Gasteiger partial charge in [0, 0.05) is 22.7 Å². The van der Waals surface area contributed by atoms with Gasteiger partial charge in [-0.1, -0.05) is 22.0 Å². The third-order valence-corrected chi connectivity index (χ3v) is 4.32. The number of aryl methyl sites for hydroxylation is 1. The summed E-state index contributed by atoms with van der Waals surface area (Å²) in [6.07, 6.45) is 1.84. The molecule has 0 aromatic heterocycles. The summed E-state index contributed by atoms with van der Waals surface area (Å²) in [7, 11) is -2.98. The Hall–Kier alpha value is -0.680. The number of rotatable bonds is 5. The molecule has 1 aromatic rings. The molecule has 0 radical (unpaired) electrons. The molecule has 0 atom stereocenters. The molecule has 0 spiro atoms. The maximum atomic E-state index is 11.8. The summed E-state index contributed by atoms with van der Waals surface area (Å²) in [4.78, 5) is 11.8. The summed E-state index contributed by atoms with van der Waals surface area (Å²) in [5, 5.41) is 0. The molecule has 0 N–H and O–H groups in total. The quantitative estimate of drug-likeness (QED) is 0.784. The first-order chi connectivity index (χ1) is 7.79. The van der Waals surface area contributed by atoms with E-state index < -0.39 is 9.84 Å². The predicted molar refractivity (Wildman–Crippen MR) is 72.2 cm³/mol. The molecule has 1 rings (SSSR count). The zero-order chi connectivity index (χ0) is 13.1. The highest BCUT2D eigenvalue weighted by molar-refractivity contribution is 9.10. The van der Waals surface area contributed by atoms with Crippen LogP contribution in [-0.4, -0.2) is 26.2 Å². The van der Waals surface area contributed by atoms with Crippen molar-refractivity contribution in [1.82, 2.24) is 0 Å². The topological polar surface area (TPSA) is 51.2 Å². The molecule has 0 amide bonds. The first-order valence-electron chi connectivity index (χ1n) is 5.26. The minimum Gasteiger partial charge on any atom is -0.294 e. The Bertz CT molecular complexity index is 521. The average Bonchev–Trinajstić information content (AvgIpc) is 2.20. The molecule has 17 heavy (non-hydrogen) atoms. The predicted octanol–water partition coefficient (Wildman–Crippen LogP) is 2.77. The van der Waals surface area contributed by atoms with E-state index in [0.29, 0.717) is 12.0 Å². The fourth-order valence-electron chi connectivity index (χ4n) is 1.46. The molecule has 0 aliphatic heterocycles. The van der Waals surface area contributed by atoms with Gasteiger partial charge in [-0.05, 0) is 31.0 Å². The van der Waals surface area contributed by atoms with Crippen molar-refractivity contribution in [1.29, 1.82) is 0 Å². The monoisotopic (exact) mass is 318 g/mol. The van der Waals surface area contributed by atoms with Gasteiger partial charge in [-0.2, -0.15) is 0 Å². The van der Waals surface area contributed by atoms with Gasteiger partial charge in [-0.25, -0.2) is 8.42 Å². The van der Waals surface area contributed by atoms with Gasteiger partial charge in [0.15, 0.2) is 5.78 Å². The van der Waals surface area contributed by atoms with Crippen LogP contribution in [0.5, 0.6) is 0 Å². The number of sulfone groups is 1. The van der Waals surface area contributed by atoms with E-state index in [1.807, 2.05) is 19.1 Å². The van der Waals surface area contributed by atoms with Crippen LogP contribution in [0.15, 0.2) is 22.7 Å². The highest BCUT2D eigenvalue weighted by Gasteiger charge is 2.09. The summed E-state index contributed by atoms with van der Waals surface area (Å²) in [6.45, 7) is 1.91. The molecule has 0 heterocycles. The van der Waals surface area contributed by atoms with E-state index >= 15 is 0 Å². The summed E-state index contributed by atoms with van der Waals surface area (Å²) in [6, 6.07) is 5.39. The Kier molecular flexibility index (Phi) is 4.89. The number of carbonyl (C=O) groups is 1. The van der Waals surface area contributed by atoms with Gasteiger partial charge < -0.3 is 0 Å². The minimum absolute atomic E-state index is 0.00995. The van der Waals surface area contributed by atoms with E-state index in [1.165, 1.54) is 6.26 Å². The Morgan fingerprint density at radius 1 is 1.35 bits per heavy atom. The van der Waals surface area contributed by atoms with Crippen LogP contribution in [0.3, 0.4) is 0 Å². The van der Waals surface area contributed by atoms with Gasteiger partial charge in [-0.3, -0.25) is 4.79 Å². The Morgan fingerprint density at radius 2 is 2.00 bits per heavy atom. The van der Waals surface area contributed by atoms with E-state index in [9.17, 15) is 13.2 Å². The van der Waals surface area contributed by atoms with E-state index in [4.69, 9.17) is 0 Å². The molecule has 0 saturated carbocycles. The second-order valence-corrected chi connectivity index (χ2v) is 7.23. The first kappa shape index (κ1) is 14.4. The smallest absolute Gasteiger partial charge is 0.162 e. The van der Waals surface area contributed by atoms with E-state index in [2.05, 4.69) is 15.9 Å². The minimum atomic E-state index is -2.98. The van der Waals surface area contributed by atoms with E-state index in [-0.39, 0.29) is 18.0 Å². The van der Waals surface area contributed by atoms with Crippen LogP contribution in [0.25, 0.3) is 0 Å². The van der Waals surface area contributed by atoms with Crippen molar-refractivity contribution in [3.8, 4) is 0 Å². The lowest BCUT2D eigenvalue weighted by Crippen LogP contribution is -2.06. The van der Waals surface area contributed by atoms with Crippen molar-refractivity contribution >= 4 is 31.6 Å². The summed E-state index contributed by atoms with van der Waals surface area (Å²) in [5.74, 6) is 0.0538. The molecule has 0 unspecified atom stereocenters. The maximum absolute atomic E-state index is 11.8. The third-order valence-electron chi connectivity index (χ3n) is 2.40.